The molecule has 1 aromatic rings. The minimum Gasteiger partial charge on any atom is -0.364 e. The molecule has 0 radical (unpaired) electrons. The summed E-state index contributed by atoms with van der Waals surface area (Å²) in [7, 11) is 0. The third-order valence-electron chi connectivity index (χ3n) is 1.33. The molecular weight excluding hydrogens is 184 g/mol. The average Bonchev–Trinajstić information content (AvgIpc) is 2.52. The predicted molar refractivity (Wildman–Crippen MR) is 49.2 cm³/mol. The summed E-state index contributed by atoms with van der Waals surface area (Å²) in [5.41, 5.74) is 7.71. The highest BCUT2D eigenvalue weighted by Crippen LogP contribution is 2.02. The highest BCUT2D eigenvalue weighted by molar-refractivity contribution is 6.44. The molecule has 0 spiro atoms. The molecule has 7 heteroatoms. The molecule has 0 unspecified atom stereocenters. The van der Waals surface area contributed by atoms with Gasteiger partial charge in [-0.2, -0.15) is 15.5 Å². The van der Waals surface area contributed by atoms with Crippen LogP contribution in [0.1, 0.15) is 5.69 Å². The van der Waals surface area contributed by atoms with Crippen LogP contribution in [0, 0.1) is 18.3 Å². The molecule has 4 N–H and O–H groups in total. The van der Waals surface area contributed by atoms with Crippen molar-refractivity contribution in [1.29, 1.82) is 5.26 Å². The number of carbonyl (C=O) groups excluding carboxylic acids is 1. The van der Waals surface area contributed by atoms with E-state index in [1.807, 2.05) is 0 Å². The minimum absolute atomic E-state index is 0.398. The summed E-state index contributed by atoms with van der Waals surface area (Å²) in [6.07, 6.45) is 0. The van der Waals surface area contributed by atoms with Crippen LogP contribution in [-0.4, -0.2) is 21.8 Å². The Morgan fingerprint density at radius 1 is 1.86 bits per heavy atom. The van der Waals surface area contributed by atoms with Crippen molar-refractivity contribution in [3.63, 3.8) is 0 Å². The summed E-state index contributed by atoms with van der Waals surface area (Å²) in [5.74, 6) is -0.469. The lowest BCUT2D eigenvalue weighted by molar-refractivity contribution is -0.111. The van der Waals surface area contributed by atoms with Gasteiger partial charge in [-0.05, 0) is 6.92 Å². The van der Waals surface area contributed by atoms with Gasteiger partial charge in [0.05, 0.1) is 0 Å². The molecule has 0 saturated heterocycles. The van der Waals surface area contributed by atoms with E-state index in [2.05, 4.69) is 20.7 Å². The van der Waals surface area contributed by atoms with Crippen LogP contribution in [0.3, 0.4) is 0 Å². The number of nitrogens with one attached hydrogen (secondary N) is 2. The van der Waals surface area contributed by atoms with E-state index in [9.17, 15) is 4.79 Å². The third-order valence-corrected chi connectivity index (χ3v) is 1.33. The molecule has 0 fully saturated rings. The van der Waals surface area contributed by atoms with Gasteiger partial charge in [0, 0.05) is 11.8 Å². The van der Waals surface area contributed by atoms with Crippen LogP contribution in [-0.2, 0) is 4.79 Å². The van der Waals surface area contributed by atoms with Crippen LogP contribution in [0.5, 0.6) is 0 Å². The Kier molecular flexibility index (Phi) is 2.81. The van der Waals surface area contributed by atoms with Gasteiger partial charge in [-0.3, -0.25) is 15.3 Å². The standard InChI is InChI=1S/C7H8N6O/c1-4-2-6(12-10-4)13-11-5(3-8)7(9)14/h2H,1H3,(H2,9,14)(H2,10,12,13)/b11-5-. The van der Waals surface area contributed by atoms with Crippen molar-refractivity contribution < 1.29 is 4.79 Å². The maximum Gasteiger partial charge on any atom is 0.280 e. The second-order valence-corrected chi connectivity index (χ2v) is 2.48. The summed E-state index contributed by atoms with van der Waals surface area (Å²) in [5, 5.41) is 18.3. The molecule has 0 aliphatic carbocycles. The minimum atomic E-state index is -0.882. The van der Waals surface area contributed by atoms with Crippen LogP contribution < -0.4 is 11.2 Å². The molecule has 14 heavy (non-hydrogen) atoms. The molecule has 0 bridgehead atoms. The quantitative estimate of drug-likeness (QED) is 0.441. The summed E-state index contributed by atoms with van der Waals surface area (Å²) < 4.78 is 0. The number of nitriles is 1. The first kappa shape index (κ1) is 9.73. The van der Waals surface area contributed by atoms with Gasteiger partial charge < -0.3 is 5.73 Å². The van der Waals surface area contributed by atoms with Gasteiger partial charge in [0.1, 0.15) is 6.07 Å². The molecule has 1 rings (SSSR count). The van der Waals surface area contributed by atoms with E-state index in [1.54, 1.807) is 19.1 Å². The first-order valence-electron chi connectivity index (χ1n) is 3.69. The van der Waals surface area contributed by atoms with Gasteiger partial charge in [0.2, 0.25) is 5.71 Å². The van der Waals surface area contributed by atoms with E-state index in [0.717, 1.165) is 5.69 Å². The number of carbonyl (C=O) groups is 1. The van der Waals surface area contributed by atoms with Crippen LogP contribution in [0.2, 0.25) is 0 Å². The number of nitrogens with two attached hydrogens (primary N) is 1. The first-order valence-corrected chi connectivity index (χ1v) is 3.69. The normalized spacial score (nSPS) is 10.7. The number of primary amides is 1. The van der Waals surface area contributed by atoms with Crippen molar-refractivity contribution in [1.82, 2.24) is 10.2 Å². The topological polar surface area (TPSA) is 120 Å². The van der Waals surface area contributed by atoms with Crippen molar-refractivity contribution in [2.75, 3.05) is 5.43 Å². The van der Waals surface area contributed by atoms with Gasteiger partial charge >= 0.3 is 0 Å². The molecule has 1 aromatic heterocycles. The van der Waals surface area contributed by atoms with E-state index in [-0.39, 0.29) is 0 Å². The molecule has 0 atom stereocenters. The van der Waals surface area contributed by atoms with E-state index in [0.29, 0.717) is 5.82 Å². The van der Waals surface area contributed by atoms with Crippen LogP contribution in [0.15, 0.2) is 11.2 Å². The predicted octanol–water partition coefficient (Wildman–Crippen LogP) is -0.505. The van der Waals surface area contributed by atoms with E-state index in [1.165, 1.54) is 0 Å². The fraction of sp³-hybridized carbons (Fsp3) is 0.143. The van der Waals surface area contributed by atoms with Gasteiger partial charge in [0.15, 0.2) is 5.82 Å². The zero-order valence-corrected chi connectivity index (χ0v) is 7.40. The molecule has 0 aliphatic rings. The number of anilines is 1. The number of aryl methyl sites for hydroxylation is 1. The zero-order chi connectivity index (χ0) is 10.6. The molecular formula is C7H8N6O. The van der Waals surface area contributed by atoms with Gasteiger partial charge in [-0.25, -0.2) is 0 Å². The van der Waals surface area contributed by atoms with Crippen molar-refractivity contribution in [3.05, 3.63) is 11.8 Å². The Hall–Kier alpha value is -2.36. The number of rotatable bonds is 3. The number of aromatic nitrogens is 2. The van der Waals surface area contributed by atoms with Gasteiger partial charge in [0.25, 0.3) is 5.91 Å². The van der Waals surface area contributed by atoms with Crippen molar-refractivity contribution in [2.45, 2.75) is 6.92 Å². The Bertz CT molecular complexity index is 412. The fourth-order valence-electron chi connectivity index (χ4n) is 0.724. The molecule has 0 aliphatic heterocycles. The number of amides is 1. The van der Waals surface area contributed by atoms with Crippen LogP contribution in [0.25, 0.3) is 0 Å². The first-order chi connectivity index (χ1) is 6.63. The second kappa shape index (κ2) is 4.04. The molecule has 0 aromatic carbocycles. The average molecular weight is 192 g/mol. The molecule has 72 valence electrons. The monoisotopic (exact) mass is 192 g/mol. The number of hydrogen-bond acceptors (Lipinski definition) is 5. The Morgan fingerprint density at radius 3 is 3.00 bits per heavy atom. The van der Waals surface area contributed by atoms with E-state index >= 15 is 0 Å². The maximum absolute atomic E-state index is 10.6. The smallest absolute Gasteiger partial charge is 0.280 e. The summed E-state index contributed by atoms with van der Waals surface area (Å²) in [6.45, 7) is 1.81. The molecule has 1 heterocycles. The maximum atomic E-state index is 10.6. The highest BCUT2D eigenvalue weighted by Gasteiger charge is 2.05. The number of nitrogens with zero attached hydrogens (tertiary/aromatic N) is 3. The third kappa shape index (κ3) is 2.31. The summed E-state index contributed by atoms with van der Waals surface area (Å²) in [6, 6.07) is 3.22. The Balaban J connectivity index is 2.72. The van der Waals surface area contributed by atoms with Gasteiger partial charge in [-0.1, -0.05) is 0 Å². The number of hydrogen-bond donors (Lipinski definition) is 3. The van der Waals surface area contributed by atoms with Gasteiger partial charge in [-0.15, -0.1) is 0 Å². The fourth-order valence-corrected chi connectivity index (χ4v) is 0.724. The Morgan fingerprint density at radius 2 is 2.57 bits per heavy atom. The molecule has 0 saturated carbocycles. The highest BCUT2D eigenvalue weighted by atomic mass is 16.1. The summed E-state index contributed by atoms with van der Waals surface area (Å²) >= 11 is 0. The SMILES string of the molecule is Cc1cc(N/N=C(/C#N)C(N)=O)n[nH]1. The van der Waals surface area contributed by atoms with E-state index in [4.69, 9.17) is 11.0 Å². The molecule has 1 amide bonds. The number of hydrazone groups is 1. The van der Waals surface area contributed by atoms with Crippen LogP contribution in [0.4, 0.5) is 5.82 Å². The number of H-pyrrole nitrogens is 1. The second-order valence-electron chi connectivity index (χ2n) is 2.48. The summed E-state index contributed by atoms with van der Waals surface area (Å²) in [4.78, 5) is 10.6. The van der Waals surface area contributed by atoms with Crippen LogP contribution >= 0.6 is 0 Å². The largest absolute Gasteiger partial charge is 0.364 e. The lowest BCUT2D eigenvalue weighted by Gasteiger charge is -1.92. The lowest BCUT2D eigenvalue weighted by Crippen LogP contribution is -2.22. The number of aromatic amines is 1. The van der Waals surface area contributed by atoms with Crippen molar-refractivity contribution in [3.8, 4) is 6.07 Å². The lowest BCUT2D eigenvalue weighted by atomic mass is 10.4. The van der Waals surface area contributed by atoms with Crippen molar-refractivity contribution >= 4 is 17.4 Å². The molecule has 7 nitrogen and oxygen atoms in total. The Labute approximate surface area is 79.6 Å². The van der Waals surface area contributed by atoms with Crippen molar-refractivity contribution in [2.24, 2.45) is 10.8 Å². The zero-order valence-electron chi connectivity index (χ0n) is 7.40. The van der Waals surface area contributed by atoms with E-state index < -0.39 is 11.6 Å².